The van der Waals surface area contributed by atoms with Crippen molar-refractivity contribution in [1.29, 1.82) is 0 Å². The summed E-state index contributed by atoms with van der Waals surface area (Å²) in [5, 5.41) is 74.5. The molecule has 1 amide bonds. The topological polar surface area (TPSA) is 295 Å². The summed E-state index contributed by atoms with van der Waals surface area (Å²) < 4.78 is 40.9. The second kappa shape index (κ2) is 30.4. The fourth-order valence-electron chi connectivity index (χ4n) is 11.6. The summed E-state index contributed by atoms with van der Waals surface area (Å²) >= 11 is 0. The first-order chi connectivity index (χ1) is 36.9. The molecule has 0 radical (unpaired) electrons. The number of hydrogen-bond donors (Lipinski definition) is 7. The number of hydrogen-bond acceptors (Lipinski definition) is 19. The maximum absolute atomic E-state index is 14.5. The number of cyclic esters (lactones) is 1. The number of methoxy groups -OCH3 is 2. The van der Waals surface area contributed by atoms with Gasteiger partial charge in [-0.05, 0) is 107 Å². The van der Waals surface area contributed by atoms with Gasteiger partial charge in [-0.15, -0.1) is 0 Å². The minimum absolute atomic E-state index is 0.00961. The quantitative estimate of drug-likeness (QED) is 0.0675. The number of amides is 1. The molecule has 78 heavy (non-hydrogen) atoms. The van der Waals surface area contributed by atoms with Gasteiger partial charge in [-0.25, -0.2) is 4.79 Å². The molecule has 4 fully saturated rings. The zero-order chi connectivity index (χ0) is 57.6. The molecule has 20 nitrogen and oxygen atoms in total. The molecule has 0 unspecified atom stereocenters. The molecule has 5 aliphatic rings. The minimum Gasteiger partial charge on any atom is -0.460 e. The molecule has 5 rings (SSSR count). The van der Waals surface area contributed by atoms with Crippen LogP contribution in [0, 0.1) is 35.5 Å². The smallest absolute Gasteiger partial charge is 0.329 e. The zero-order valence-electron chi connectivity index (χ0n) is 47.2. The van der Waals surface area contributed by atoms with Gasteiger partial charge in [-0.2, -0.15) is 0 Å². The lowest BCUT2D eigenvalue weighted by Gasteiger charge is -2.43. The third-order valence-electron chi connectivity index (χ3n) is 16.7. The minimum atomic E-state index is -2.57. The highest BCUT2D eigenvalue weighted by atomic mass is 16.7. The molecule has 7 N–H and O–H groups in total. The lowest BCUT2D eigenvalue weighted by molar-refractivity contribution is -0.289. The molecule has 4 aliphatic heterocycles. The molecule has 4 heterocycles. The molecule has 0 aromatic rings. The number of ketones is 3. The van der Waals surface area contributed by atoms with Gasteiger partial charge >= 0.3 is 5.97 Å². The van der Waals surface area contributed by atoms with E-state index in [1.165, 1.54) is 7.11 Å². The number of piperidine rings is 1. The highest BCUT2D eigenvalue weighted by molar-refractivity contribution is 6.39. The molecule has 2 bridgehead atoms. The second-order valence-corrected chi connectivity index (χ2v) is 22.8. The van der Waals surface area contributed by atoms with Crippen molar-refractivity contribution in [2.45, 2.75) is 211 Å². The Kier molecular flexibility index (Phi) is 25.5. The van der Waals surface area contributed by atoms with E-state index < -0.39 is 115 Å². The Hall–Kier alpha value is -3.61. The van der Waals surface area contributed by atoms with Crippen LogP contribution in [-0.2, 0) is 57.1 Å². The van der Waals surface area contributed by atoms with Crippen LogP contribution in [-0.4, -0.2) is 196 Å². The van der Waals surface area contributed by atoms with Crippen molar-refractivity contribution in [3.63, 3.8) is 0 Å². The van der Waals surface area contributed by atoms with Gasteiger partial charge in [0, 0.05) is 51.4 Å². The molecule has 20 atom stereocenters. The third-order valence-corrected chi connectivity index (χ3v) is 16.7. The normalized spacial score (nSPS) is 41.6. The van der Waals surface area contributed by atoms with Crippen molar-refractivity contribution in [2.24, 2.45) is 35.5 Å². The zero-order valence-corrected chi connectivity index (χ0v) is 47.2. The van der Waals surface area contributed by atoms with E-state index >= 15 is 0 Å². The average molecular weight is 1110 g/mol. The van der Waals surface area contributed by atoms with E-state index in [0.717, 1.165) is 10.5 Å². The molecule has 0 aromatic carbocycles. The van der Waals surface area contributed by atoms with Crippen LogP contribution in [0.15, 0.2) is 47.6 Å². The van der Waals surface area contributed by atoms with Gasteiger partial charge in [0.15, 0.2) is 12.1 Å². The molecule has 0 aromatic heterocycles. The van der Waals surface area contributed by atoms with Gasteiger partial charge in [0.2, 0.25) is 5.79 Å². The lowest BCUT2D eigenvalue weighted by atomic mass is 9.78. The Morgan fingerprint density at radius 2 is 1.54 bits per heavy atom. The third kappa shape index (κ3) is 17.2. The van der Waals surface area contributed by atoms with Crippen LogP contribution in [0.5, 0.6) is 0 Å². The van der Waals surface area contributed by atoms with Crippen LogP contribution in [0.1, 0.15) is 126 Å². The van der Waals surface area contributed by atoms with Gasteiger partial charge < -0.3 is 73.8 Å². The fourth-order valence-corrected chi connectivity index (χ4v) is 11.6. The van der Waals surface area contributed by atoms with Crippen molar-refractivity contribution in [3.05, 3.63) is 47.6 Å². The molecule has 1 saturated carbocycles. The molecule has 0 spiro atoms. The fraction of sp³-hybridized carbons (Fsp3) is 0.776. The Labute approximate surface area is 460 Å². The van der Waals surface area contributed by atoms with Crippen molar-refractivity contribution in [3.8, 4) is 0 Å². The maximum Gasteiger partial charge on any atom is 0.329 e. The van der Waals surface area contributed by atoms with E-state index in [0.29, 0.717) is 63.4 Å². The number of fused-ring (bicyclic) bond motifs is 3. The van der Waals surface area contributed by atoms with Crippen LogP contribution in [0.4, 0.5) is 0 Å². The summed E-state index contributed by atoms with van der Waals surface area (Å²) in [6.07, 6.45) is 1.52. The first-order valence-electron chi connectivity index (χ1n) is 28.1. The van der Waals surface area contributed by atoms with E-state index in [1.54, 1.807) is 47.0 Å². The van der Waals surface area contributed by atoms with Gasteiger partial charge in [0.1, 0.15) is 54.6 Å². The molecule has 1 aliphatic carbocycles. The van der Waals surface area contributed by atoms with Gasteiger partial charge in [-0.3, -0.25) is 19.2 Å². The predicted octanol–water partition coefficient (Wildman–Crippen LogP) is 3.37. The van der Waals surface area contributed by atoms with E-state index in [1.807, 2.05) is 45.1 Å². The standard InChI is InChI=1S/C58H91NO19/c1-32-15-11-10-12-16-33(2)44(75-24-23-74-31-47-50(64)51(65)52(66)57(70)77-47)29-40-20-18-38(7)58(71,78-40)54(67)55(68)59-22-14-13-17-41(59)56(69)76-45(35(4)27-39-19-21-42(60)46(28-39)72-8)30-43(61)34(3)26-37(6)49(63)53(73-9)48(62)36(5)25-32/h10-12,15-16,26,32,34-36,38-42,44-47,49-53,57,60,63-66,70-71H,13-14,17-25,27-31H2,1-9H3/b12-10+,15-11+,33-16+,37-26+/t32-,34-,35-,36-,38-,39+,40+,41+,42-,44+,45+,46-,47-,49-,50-,51+,52-,53+,57-,58-/m1/s1. The number of aliphatic hydroxyl groups is 7. The van der Waals surface area contributed by atoms with Crippen LogP contribution >= 0.6 is 0 Å². The number of Topliss-reactive ketones (excluding diaryl/α,β-unsaturated/α-hetero) is 3. The summed E-state index contributed by atoms with van der Waals surface area (Å²) in [5.74, 6) is -8.80. The van der Waals surface area contributed by atoms with Gasteiger partial charge in [0.25, 0.3) is 11.7 Å². The molecule has 442 valence electrons. The Bertz CT molecular complexity index is 2110. The number of ether oxygens (including phenoxy) is 7. The highest BCUT2D eigenvalue weighted by Crippen LogP contribution is 2.38. The predicted molar refractivity (Wildman–Crippen MR) is 284 cm³/mol. The molecule has 20 heteroatoms. The van der Waals surface area contributed by atoms with Crippen LogP contribution < -0.4 is 0 Å². The largest absolute Gasteiger partial charge is 0.460 e. The van der Waals surface area contributed by atoms with E-state index in [4.69, 9.17) is 33.2 Å². The van der Waals surface area contributed by atoms with E-state index in [2.05, 4.69) is 0 Å². The number of carbonyl (C=O) groups excluding carboxylic acids is 5. The van der Waals surface area contributed by atoms with Gasteiger partial charge in [-0.1, -0.05) is 71.1 Å². The summed E-state index contributed by atoms with van der Waals surface area (Å²) in [6, 6.07) is -1.22. The van der Waals surface area contributed by atoms with Crippen molar-refractivity contribution in [2.75, 3.05) is 40.6 Å². The average Bonchev–Trinajstić information content (AvgIpc) is 3.46. The van der Waals surface area contributed by atoms with Crippen LogP contribution in [0.2, 0.25) is 0 Å². The molecular weight excluding hydrogens is 1010 g/mol. The Balaban J connectivity index is 1.44. The number of esters is 1. The van der Waals surface area contributed by atoms with Crippen molar-refractivity contribution < 1.29 is 92.9 Å². The number of rotatable bonds is 11. The number of carbonyl (C=O) groups is 5. The number of allylic oxidation sites excluding steroid dienone is 6. The Morgan fingerprint density at radius 3 is 2.24 bits per heavy atom. The number of nitrogens with zero attached hydrogens (tertiary/aromatic N) is 1. The monoisotopic (exact) mass is 1110 g/mol. The van der Waals surface area contributed by atoms with Crippen LogP contribution in [0.3, 0.4) is 0 Å². The molecule has 3 saturated heterocycles. The second-order valence-electron chi connectivity index (χ2n) is 22.8. The number of aliphatic hydroxyl groups excluding tert-OH is 6. The Morgan fingerprint density at radius 1 is 0.808 bits per heavy atom. The van der Waals surface area contributed by atoms with Crippen molar-refractivity contribution in [1.82, 2.24) is 4.90 Å². The van der Waals surface area contributed by atoms with Crippen molar-refractivity contribution >= 4 is 29.2 Å². The van der Waals surface area contributed by atoms with E-state index in [9.17, 15) is 59.7 Å². The first kappa shape index (κ1) is 65.2. The first-order valence-corrected chi connectivity index (χ1v) is 28.1. The lowest BCUT2D eigenvalue weighted by Crippen LogP contribution is -2.61. The van der Waals surface area contributed by atoms with Crippen LogP contribution in [0.25, 0.3) is 0 Å². The summed E-state index contributed by atoms with van der Waals surface area (Å²) in [5.41, 5.74) is 1.07. The van der Waals surface area contributed by atoms with Gasteiger partial charge in [0.05, 0.1) is 44.2 Å². The summed E-state index contributed by atoms with van der Waals surface area (Å²) in [6.45, 7) is 12.1. The SMILES string of the molecule is CO[C@@H]1C[C@H](C[C@@H](C)[C@@H]2CC(=O)[C@H](C)/C=C(\C)[C@@H](O)[C@@H](OC)C(=O)[C@H](C)C[C@H](C)/C=C/C=C/C=C(\C)[C@@H](OCCOC[C@H]3O[C@@H](O)[C@H](O)[C@@H](O)[C@@H]3O)C[C@@H]3CC[C@@H](C)[C@@](O)(O3)C(=O)C(=O)N3CCCC[C@H]3C(=O)O2)CC[C@H]1O. The maximum atomic E-state index is 14.5. The summed E-state index contributed by atoms with van der Waals surface area (Å²) in [4.78, 5) is 72.7. The highest BCUT2D eigenvalue weighted by Gasteiger charge is 2.53. The summed E-state index contributed by atoms with van der Waals surface area (Å²) in [7, 11) is 2.90. The molecular formula is C58H91NO19. The van der Waals surface area contributed by atoms with E-state index in [-0.39, 0.29) is 81.1 Å².